The molecule has 0 aliphatic rings. The topological polar surface area (TPSA) is 72.8 Å². The van der Waals surface area contributed by atoms with Gasteiger partial charge in [-0.3, -0.25) is 9.59 Å². The molecule has 0 aromatic heterocycles. The van der Waals surface area contributed by atoms with Crippen LogP contribution in [0.4, 0.5) is 0 Å². The average Bonchev–Trinajstić information content (AvgIpc) is 3.12. The van der Waals surface area contributed by atoms with Crippen LogP contribution < -0.4 is 0 Å². The molecule has 0 rings (SSSR count). The van der Waals surface area contributed by atoms with Gasteiger partial charge in [0.05, 0.1) is 6.61 Å². The normalized spacial score (nSPS) is 12.9. The van der Waals surface area contributed by atoms with Crippen LogP contribution in [-0.2, 0) is 19.1 Å². The van der Waals surface area contributed by atoms with Crippen molar-refractivity contribution in [2.45, 2.75) is 187 Å². The predicted molar refractivity (Wildman–Crippen MR) is 214 cm³/mol. The first-order chi connectivity index (χ1) is 24.6. The van der Waals surface area contributed by atoms with Crippen molar-refractivity contribution in [1.82, 2.24) is 0 Å². The maximum absolute atomic E-state index is 12.2. The third-order valence-corrected chi connectivity index (χ3v) is 8.47. The first-order valence-corrected chi connectivity index (χ1v) is 20.5. The molecule has 0 bridgehead atoms. The van der Waals surface area contributed by atoms with E-state index in [1.54, 1.807) is 0 Å². The fourth-order valence-corrected chi connectivity index (χ4v) is 5.33. The summed E-state index contributed by atoms with van der Waals surface area (Å²) in [5, 5.41) is 9.56. The summed E-state index contributed by atoms with van der Waals surface area (Å²) in [4.78, 5) is 24.3. The molecule has 50 heavy (non-hydrogen) atoms. The number of aliphatic hydroxyl groups is 1. The van der Waals surface area contributed by atoms with E-state index in [4.69, 9.17) is 9.47 Å². The van der Waals surface area contributed by atoms with Crippen molar-refractivity contribution in [2.24, 2.45) is 0 Å². The molecule has 0 spiro atoms. The number of carbonyl (C=O) groups is 2. The molecule has 5 heteroatoms. The standard InChI is InChI=1S/C45H76O5/c1-3-5-7-9-11-13-15-17-19-21-22-24-26-28-30-32-34-36-38-40-45(48)50-43(41-46)42-49-44(47)39-37-35-33-31-29-27-25-23-20-18-16-14-12-10-8-6-4-2/h11-14,17-20,22,24-25,27,43,46H,3-10,15-16,21,23,26,28-42H2,1-2H3/b13-11-,14-12-,19-17-,20-18-,24-22-,27-25-/t43-/m0/s1. The summed E-state index contributed by atoms with van der Waals surface area (Å²) in [5.74, 6) is -0.636. The second-order valence-corrected chi connectivity index (χ2v) is 13.4. The van der Waals surface area contributed by atoms with Gasteiger partial charge in [-0.25, -0.2) is 0 Å². The summed E-state index contributed by atoms with van der Waals surface area (Å²) >= 11 is 0. The molecule has 0 aliphatic heterocycles. The van der Waals surface area contributed by atoms with Gasteiger partial charge in [-0.1, -0.05) is 151 Å². The molecule has 0 fully saturated rings. The SMILES string of the molecule is CCCCC/C=C\C/C=C\C/C=C\CCCCCCCCC(=O)O[C@@H](CO)COC(=O)CCCCCC/C=C\C/C=C\C/C=C\CCCCC. The predicted octanol–water partition coefficient (Wildman–Crippen LogP) is 13.0. The number of hydrogen-bond acceptors (Lipinski definition) is 5. The molecule has 1 atom stereocenters. The third-order valence-electron chi connectivity index (χ3n) is 8.47. The summed E-state index contributed by atoms with van der Waals surface area (Å²) in [5.41, 5.74) is 0. The van der Waals surface area contributed by atoms with E-state index in [1.165, 1.54) is 70.6 Å². The molecule has 0 aromatic rings. The highest BCUT2D eigenvalue weighted by molar-refractivity contribution is 5.70. The number of esters is 2. The molecular formula is C45H76O5. The second-order valence-electron chi connectivity index (χ2n) is 13.4. The first kappa shape index (κ1) is 47.3. The van der Waals surface area contributed by atoms with E-state index in [-0.39, 0.29) is 25.2 Å². The third kappa shape index (κ3) is 38.1. The van der Waals surface area contributed by atoms with Crippen molar-refractivity contribution in [2.75, 3.05) is 13.2 Å². The molecule has 0 saturated carbocycles. The fourth-order valence-electron chi connectivity index (χ4n) is 5.33. The number of rotatable bonds is 36. The Bertz CT molecular complexity index is 926. The van der Waals surface area contributed by atoms with E-state index in [0.717, 1.165) is 83.5 Å². The Hall–Kier alpha value is -2.66. The lowest BCUT2D eigenvalue weighted by Gasteiger charge is -2.15. The number of ether oxygens (including phenoxy) is 2. The lowest BCUT2D eigenvalue weighted by atomic mass is 10.1. The van der Waals surface area contributed by atoms with Gasteiger partial charge in [0.1, 0.15) is 6.61 Å². The summed E-state index contributed by atoms with van der Waals surface area (Å²) < 4.78 is 10.6. The highest BCUT2D eigenvalue weighted by Gasteiger charge is 2.16. The fraction of sp³-hybridized carbons (Fsp3) is 0.689. The van der Waals surface area contributed by atoms with Crippen LogP contribution in [0.25, 0.3) is 0 Å². The van der Waals surface area contributed by atoms with Crippen LogP contribution in [0.5, 0.6) is 0 Å². The zero-order valence-electron chi connectivity index (χ0n) is 32.4. The van der Waals surface area contributed by atoms with Gasteiger partial charge in [-0.15, -0.1) is 0 Å². The molecule has 0 radical (unpaired) electrons. The Balaban J connectivity index is 3.65. The summed E-state index contributed by atoms with van der Waals surface area (Å²) in [6.45, 7) is 4.04. The minimum atomic E-state index is -0.791. The highest BCUT2D eigenvalue weighted by atomic mass is 16.6. The van der Waals surface area contributed by atoms with E-state index in [0.29, 0.717) is 12.8 Å². The molecule has 0 aliphatic carbocycles. The van der Waals surface area contributed by atoms with Gasteiger partial charge in [-0.2, -0.15) is 0 Å². The smallest absolute Gasteiger partial charge is 0.306 e. The van der Waals surface area contributed by atoms with Gasteiger partial charge >= 0.3 is 11.9 Å². The second kappa shape index (κ2) is 40.8. The van der Waals surface area contributed by atoms with Crippen LogP contribution in [0.2, 0.25) is 0 Å². The van der Waals surface area contributed by atoms with Crippen LogP contribution in [0, 0.1) is 0 Å². The molecule has 0 aromatic carbocycles. The molecule has 1 N–H and O–H groups in total. The highest BCUT2D eigenvalue weighted by Crippen LogP contribution is 2.11. The Labute approximate surface area is 308 Å². The van der Waals surface area contributed by atoms with Crippen molar-refractivity contribution in [3.8, 4) is 0 Å². The summed E-state index contributed by atoms with van der Waals surface area (Å²) in [7, 11) is 0. The van der Waals surface area contributed by atoms with Crippen molar-refractivity contribution in [1.29, 1.82) is 0 Å². The quantitative estimate of drug-likeness (QED) is 0.0401. The largest absolute Gasteiger partial charge is 0.462 e. The monoisotopic (exact) mass is 697 g/mol. The van der Waals surface area contributed by atoms with E-state index in [2.05, 4.69) is 86.8 Å². The van der Waals surface area contributed by atoms with Crippen LogP contribution in [-0.4, -0.2) is 36.4 Å². The van der Waals surface area contributed by atoms with Crippen molar-refractivity contribution in [3.63, 3.8) is 0 Å². The Morgan fingerprint density at radius 2 is 0.800 bits per heavy atom. The molecule has 0 amide bonds. The van der Waals surface area contributed by atoms with Crippen molar-refractivity contribution < 1.29 is 24.2 Å². The molecule has 0 heterocycles. The van der Waals surface area contributed by atoms with Crippen LogP contribution >= 0.6 is 0 Å². The zero-order chi connectivity index (χ0) is 36.4. The molecule has 5 nitrogen and oxygen atoms in total. The zero-order valence-corrected chi connectivity index (χ0v) is 32.4. The Morgan fingerprint density at radius 3 is 1.20 bits per heavy atom. The summed E-state index contributed by atoms with van der Waals surface area (Å²) in [6.07, 6.45) is 53.8. The lowest BCUT2D eigenvalue weighted by Crippen LogP contribution is -2.28. The van der Waals surface area contributed by atoms with Gasteiger partial charge < -0.3 is 14.6 Å². The summed E-state index contributed by atoms with van der Waals surface area (Å²) in [6, 6.07) is 0. The molecular weight excluding hydrogens is 620 g/mol. The number of allylic oxidation sites excluding steroid dienone is 12. The Morgan fingerprint density at radius 1 is 0.460 bits per heavy atom. The number of hydrogen-bond donors (Lipinski definition) is 1. The first-order valence-electron chi connectivity index (χ1n) is 20.5. The van der Waals surface area contributed by atoms with E-state index >= 15 is 0 Å². The Kier molecular flexibility index (Phi) is 38.6. The van der Waals surface area contributed by atoms with Crippen LogP contribution in [0.1, 0.15) is 181 Å². The van der Waals surface area contributed by atoms with Gasteiger partial charge in [-0.05, 0) is 89.9 Å². The number of aliphatic hydroxyl groups excluding tert-OH is 1. The molecule has 0 saturated heterocycles. The van der Waals surface area contributed by atoms with Crippen molar-refractivity contribution >= 4 is 11.9 Å². The van der Waals surface area contributed by atoms with Crippen molar-refractivity contribution in [3.05, 3.63) is 72.9 Å². The molecule has 286 valence electrons. The molecule has 0 unspecified atom stereocenters. The van der Waals surface area contributed by atoms with Crippen LogP contribution in [0.3, 0.4) is 0 Å². The van der Waals surface area contributed by atoms with Gasteiger partial charge in [0.15, 0.2) is 6.10 Å². The number of unbranched alkanes of at least 4 members (excludes halogenated alkanes) is 16. The minimum absolute atomic E-state index is 0.0865. The van der Waals surface area contributed by atoms with Gasteiger partial charge in [0, 0.05) is 12.8 Å². The van der Waals surface area contributed by atoms with Crippen LogP contribution in [0.15, 0.2) is 72.9 Å². The average molecular weight is 697 g/mol. The van der Waals surface area contributed by atoms with Gasteiger partial charge in [0.25, 0.3) is 0 Å². The van der Waals surface area contributed by atoms with E-state index in [9.17, 15) is 14.7 Å². The van der Waals surface area contributed by atoms with Gasteiger partial charge in [0.2, 0.25) is 0 Å². The number of carbonyl (C=O) groups excluding carboxylic acids is 2. The maximum Gasteiger partial charge on any atom is 0.306 e. The lowest BCUT2D eigenvalue weighted by molar-refractivity contribution is -0.161. The van der Waals surface area contributed by atoms with E-state index < -0.39 is 6.10 Å². The minimum Gasteiger partial charge on any atom is -0.462 e. The maximum atomic E-state index is 12.2. The van der Waals surface area contributed by atoms with E-state index in [1.807, 2.05) is 0 Å².